The van der Waals surface area contributed by atoms with Crippen LogP contribution in [0.5, 0.6) is 0 Å². The van der Waals surface area contributed by atoms with Crippen molar-refractivity contribution in [3.63, 3.8) is 0 Å². The second-order valence-corrected chi connectivity index (χ2v) is 3.24. The molecule has 1 aromatic rings. The summed E-state index contributed by atoms with van der Waals surface area (Å²) in [6.45, 7) is 1.61. The molecule has 1 rings (SSSR count). The molecule has 0 fully saturated rings. The molecule has 13 heavy (non-hydrogen) atoms. The van der Waals surface area contributed by atoms with Crippen molar-refractivity contribution < 1.29 is 13.9 Å². The molecule has 1 atom stereocenters. The van der Waals surface area contributed by atoms with E-state index in [1.807, 2.05) is 0 Å². The van der Waals surface area contributed by atoms with Crippen LogP contribution in [-0.2, 0) is 4.74 Å². The maximum Gasteiger partial charge on any atom is 0.339 e. The Morgan fingerprint density at radius 1 is 1.62 bits per heavy atom. The number of benzene rings is 1. The molecule has 70 valence electrons. The standard InChI is InChI=1S/C9H9FO2S/c1-6(13)12-9(11)7-3-2-4-8(10)5-7/h2-6,13H,1H3. The van der Waals surface area contributed by atoms with E-state index in [1.165, 1.54) is 18.2 Å². The fourth-order valence-electron chi connectivity index (χ4n) is 0.838. The van der Waals surface area contributed by atoms with E-state index in [4.69, 9.17) is 4.74 Å². The first-order valence-electron chi connectivity index (χ1n) is 3.74. The number of ether oxygens (including phenoxy) is 1. The molecule has 0 heterocycles. The molecule has 0 saturated heterocycles. The number of hydrogen-bond donors (Lipinski definition) is 1. The van der Waals surface area contributed by atoms with Gasteiger partial charge in [-0.15, -0.1) is 12.6 Å². The number of carbonyl (C=O) groups is 1. The maximum atomic E-state index is 12.6. The lowest BCUT2D eigenvalue weighted by atomic mass is 10.2. The minimum atomic E-state index is -0.568. The average molecular weight is 200 g/mol. The van der Waals surface area contributed by atoms with Crippen molar-refractivity contribution in [2.75, 3.05) is 0 Å². The molecule has 0 amide bonds. The summed E-state index contributed by atoms with van der Waals surface area (Å²) in [5, 5.41) is 0. The van der Waals surface area contributed by atoms with Crippen LogP contribution < -0.4 is 0 Å². The van der Waals surface area contributed by atoms with Gasteiger partial charge in [-0.3, -0.25) is 0 Å². The van der Waals surface area contributed by atoms with E-state index in [9.17, 15) is 9.18 Å². The Balaban J connectivity index is 2.77. The summed E-state index contributed by atoms with van der Waals surface area (Å²) in [6.07, 6.45) is 0. The highest BCUT2D eigenvalue weighted by atomic mass is 32.1. The van der Waals surface area contributed by atoms with Crippen LogP contribution >= 0.6 is 12.6 Å². The number of rotatable bonds is 2. The molecule has 0 aliphatic rings. The van der Waals surface area contributed by atoms with Crippen LogP contribution in [0.3, 0.4) is 0 Å². The Morgan fingerprint density at radius 2 is 2.31 bits per heavy atom. The van der Waals surface area contributed by atoms with Crippen LogP contribution in [0.25, 0.3) is 0 Å². The Kier molecular flexibility index (Phi) is 3.31. The lowest BCUT2D eigenvalue weighted by Crippen LogP contribution is -2.09. The third kappa shape index (κ3) is 3.06. The zero-order valence-electron chi connectivity index (χ0n) is 7.03. The smallest absolute Gasteiger partial charge is 0.339 e. The molecule has 0 spiro atoms. The van der Waals surface area contributed by atoms with Crippen LogP contribution in [0.15, 0.2) is 24.3 Å². The molecule has 2 nitrogen and oxygen atoms in total. The van der Waals surface area contributed by atoms with Gasteiger partial charge in [0, 0.05) is 0 Å². The Bertz CT molecular complexity index is 312. The molecule has 0 bridgehead atoms. The van der Waals surface area contributed by atoms with Crippen molar-refractivity contribution in [3.8, 4) is 0 Å². The molecule has 0 aliphatic heterocycles. The van der Waals surface area contributed by atoms with Gasteiger partial charge in [0.25, 0.3) is 0 Å². The highest BCUT2D eigenvalue weighted by molar-refractivity contribution is 7.80. The number of carbonyl (C=O) groups excluding carboxylic acids is 1. The van der Waals surface area contributed by atoms with E-state index >= 15 is 0 Å². The Labute approximate surface area is 81.1 Å². The zero-order chi connectivity index (χ0) is 9.84. The minimum absolute atomic E-state index is 0.195. The summed E-state index contributed by atoms with van der Waals surface area (Å²) in [5.41, 5.74) is -0.295. The van der Waals surface area contributed by atoms with Gasteiger partial charge in [-0.25, -0.2) is 9.18 Å². The van der Waals surface area contributed by atoms with Gasteiger partial charge in [0.15, 0.2) is 0 Å². The molecule has 1 unspecified atom stereocenters. The molecular weight excluding hydrogens is 191 g/mol. The van der Waals surface area contributed by atoms with Gasteiger partial charge >= 0.3 is 5.97 Å². The monoisotopic (exact) mass is 200 g/mol. The molecule has 0 radical (unpaired) electrons. The van der Waals surface area contributed by atoms with E-state index in [0.717, 1.165) is 6.07 Å². The van der Waals surface area contributed by atoms with E-state index in [2.05, 4.69) is 12.6 Å². The molecule has 0 saturated carbocycles. The average Bonchev–Trinajstić information content (AvgIpc) is 2.03. The van der Waals surface area contributed by atoms with Crippen molar-refractivity contribution in [3.05, 3.63) is 35.6 Å². The molecule has 0 aromatic heterocycles. The Morgan fingerprint density at radius 3 is 2.85 bits per heavy atom. The number of hydrogen-bond acceptors (Lipinski definition) is 3. The van der Waals surface area contributed by atoms with Crippen LogP contribution in [0, 0.1) is 5.82 Å². The summed E-state index contributed by atoms with van der Waals surface area (Å²) in [7, 11) is 0. The number of thiol groups is 1. The maximum absolute atomic E-state index is 12.6. The van der Waals surface area contributed by atoms with Gasteiger partial charge in [-0.05, 0) is 25.1 Å². The summed E-state index contributed by atoms with van der Waals surface area (Å²) in [4.78, 5) is 11.2. The van der Waals surface area contributed by atoms with E-state index in [0.29, 0.717) is 0 Å². The molecule has 0 N–H and O–H groups in total. The third-order valence-corrected chi connectivity index (χ3v) is 1.44. The van der Waals surface area contributed by atoms with Gasteiger partial charge in [-0.1, -0.05) is 6.07 Å². The van der Waals surface area contributed by atoms with Crippen LogP contribution in [-0.4, -0.2) is 11.4 Å². The van der Waals surface area contributed by atoms with Crippen LogP contribution in [0.2, 0.25) is 0 Å². The number of halogens is 1. The molecule has 1 aromatic carbocycles. The summed E-state index contributed by atoms with van der Waals surface area (Å²) in [6, 6.07) is 5.33. The quantitative estimate of drug-likeness (QED) is 0.450. The second kappa shape index (κ2) is 4.28. The van der Waals surface area contributed by atoms with Gasteiger partial charge in [0.05, 0.1) is 5.56 Å². The molecule has 0 aliphatic carbocycles. The van der Waals surface area contributed by atoms with Crippen LogP contribution in [0.1, 0.15) is 17.3 Å². The van der Waals surface area contributed by atoms with Crippen molar-refractivity contribution in [1.82, 2.24) is 0 Å². The topological polar surface area (TPSA) is 26.3 Å². The van der Waals surface area contributed by atoms with E-state index < -0.39 is 17.2 Å². The Hall–Kier alpha value is -1.03. The third-order valence-electron chi connectivity index (χ3n) is 1.34. The zero-order valence-corrected chi connectivity index (χ0v) is 7.92. The van der Waals surface area contributed by atoms with E-state index in [-0.39, 0.29) is 5.56 Å². The molecule has 4 heteroatoms. The van der Waals surface area contributed by atoms with E-state index in [1.54, 1.807) is 6.92 Å². The molecular formula is C9H9FO2S. The predicted molar refractivity (Wildman–Crippen MR) is 50.3 cm³/mol. The fraction of sp³-hybridized carbons (Fsp3) is 0.222. The van der Waals surface area contributed by atoms with Gasteiger partial charge < -0.3 is 4.74 Å². The predicted octanol–water partition coefficient (Wildman–Crippen LogP) is 2.26. The van der Waals surface area contributed by atoms with Crippen molar-refractivity contribution in [1.29, 1.82) is 0 Å². The first kappa shape index (κ1) is 10.1. The van der Waals surface area contributed by atoms with Crippen molar-refractivity contribution in [2.24, 2.45) is 0 Å². The van der Waals surface area contributed by atoms with Crippen molar-refractivity contribution in [2.45, 2.75) is 12.4 Å². The largest absolute Gasteiger partial charge is 0.448 e. The number of esters is 1. The normalized spacial score (nSPS) is 12.2. The lowest BCUT2D eigenvalue weighted by molar-refractivity contribution is 0.0484. The summed E-state index contributed by atoms with van der Waals surface area (Å²) >= 11 is 3.88. The summed E-state index contributed by atoms with van der Waals surface area (Å²) in [5.74, 6) is -1.02. The van der Waals surface area contributed by atoms with Gasteiger partial charge in [-0.2, -0.15) is 0 Å². The van der Waals surface area contributed by atoms with Gasteiger partial charge in [0.1, 0.15) is 11.3 Å². The highest BCUT2D eigenvalue weighted by Crippen LogP contribution is 2.07. The van der Waals surface area contributed by atoms with Crippen LogP contribution in [0.4, 0.5) is 4.39 Å². The van der Waals surface area contributed by atoms with Crippen molar-refractivity contribution >= 4 is 18.6 Å². The first-order chi connectivity index (χ1) is 6.09. The summed E-state index contributed by atoms with van der Waals surface area (Å²) < 4.78 is 17.4. The SMILES string of the molecule is CC(S)OC(=O)c1cccc(F)c1. The fourth-order valence-corrected chi connectivity index (χ4v) is 0.934. The minimum Gasteiger partial charge on any atom is -0.448 e. The lowest BCUT2D eigenvalue weighted by Gasteiger charge is -2.06. The van der Waals surface area contributed by atoms with Gasteiger partial charge in [0.2, 0.25) is 0 Å². The second-order valence-electron chi connectivity index (χ2n) is 2.51. The highest BCUT2D eigenvalue weighted by Gasteiger charge is 2.09. The first-order valence-corrected chi connectivity index (χ1v) is 4.26.